The molecule has 0 saturated heterocycles. The summed E-state index contributed by atoms with van der Waals surface area (Å²) in [5.74, 6) is 2.30. The second kappa shape index (κ2) is 8.07. The smallest absolute Gasteiger partial charge is 0.255 e. The third-order valence-corrected chi connectivity index (χ3v) is 4.36. The van der Waals surface area contributed by atoms with E-state index < -0.39 is 0 Å². The summed E-state index contributed by atoms with van der Waals surface area (Å²) in [6.45, 7) is 2.95. The van der Waals surface area contributed by atoms with Crippen molar-refractivity contribution in [2.75, 3.05) is 34.5 Å². The third-order valence-electron chi connectivity index (χ3n) is 4.36. The molecule has 0 bridgehead atoms. The van der Waals surface area contributed by atoms with E-state index in [-0.39, 0.29) is 11.9 Å². The first-order chi connectivity index (χ1) is 13.1. The zero-order chi connectivity index (χ0) is 19.4. The zero-order valence-electron chi connectivity index (χ0n) is 15.8. The van der Waals surface area contributed by atoms with Gasteiger partial charge in [-0.25, -0.2) is 0 Å². The van der Waals surface area contributed by atoms with Gasteiger partial charge in [0.2, 0.25) is 5.75 Å². The molecule has 2 aromatic rings. The second-order valence-corrected chi connectivity index (χ2v) is 5.98. The van der Waals surface area contributed by atoms with Gasteiger partial charge in [-0.05, 0) is 36.8 Å². The summed E-state index contributed by atoms with van der Waals surface area (Å²) in [7, 11) is 4.51. The molecule has 1 amide bonds. The van der Waals surface area contributed by atoms with Gasteiger partial charge in [0.15, 0.2) is 23.0 Å². The molecule has 1 aliphatic heterocycles. The molecular weight excluding hydrogens is 350 g/mol. The van der Waals surface area contributed by atoms with Crippen LogP contribution in [0.5, 0.6) is 28.7 Å². The minimum absolute atomic E-state index is 0.244. The Morgan fingerprint density at radius 3 is 2.33 bits per heavy atom. The average molecular weight is 373 g/mol. The van der Waals surface area contributed by atoms with Crippen LogP contribution in [0.15, 0.2) is 30.3 Å². The molecule has 1 N–H and O–H groups in total. The van der Waals surface area contributed by atoms with Crippen molar-refractivity contribution in [1.82, 2.24) is 5.32 Å². The Kier molecular flexibility index (Phi) is 5.59. The number of fused-ring (bicyclic) bond motifs is 1. The van der Waals surface area contributed by atoms with Crippen LogP contribution in [-0.4, -0.2) is 40.5 Å². The maximum atomic E-state index is 12.8. The standard InChI is InChI=1S/C20H23NO6/c1-12(13-5-7-15-17(11-13)27-10-9-26-15)21-20(22)14-6-8-16(23-2)19(25-4)18(14)24-3/h5-8,11-12H,9-10H2,1-4H3,(H,21,22). The van der Waals surface area contributed by atoms with Crippen LogP contribution in [0.1, 0.15) is 28.9 Å². The van der Waals surface area contributed by atoms with Gasteiger partial charge in [-0.1, -0.05) is 6.07 Å². The molecular formula is C20H23NO6. The number of ether oxygens (including phenoxy) is 5. The molecule has 7 heteroatoms. The number of methoxy groups -OCH3 is 3. The molecule has 0 spiro atoms. The molecule has 27 heavy (non-hydrogen) atoms. The van der Waals surface area contributed by atoms with E-state index in [1.807, 2.05) is 25.1 Å². The van der Waals surface area contributed by atoms with Crippen molar-refractivity contribution in [3.63, 3.8) is 0 Å². The fraction of sp³-hybridized carbons (Fsp3) is 0.350. The molecule has 7 nitrogen and oxygen atoms in total. The Balaban J connectivity index is 1.83. The Morgan fingerprint density at radius 2 is 1.67 bits per heavy atom. The predicted octanol–water partition coefficient (Wildman–Crippen LogP) is 2.97. The summed E-state index contributed by atoms with van der Waals surface area (Å²) in [5, 5.41) is 2.97. The van der Waals surface area contributed by atoms with Gasteiger partial charge in [0.25, 0.3) is 5.91 Å². The van der Waals surface area contributed by atoms with Gasteiger partial charge in [0, 0.05) is 0 Å². The minimum Gasteiger partial charge on any atom is -0.493 e. The molecule has 1 atom stereocenters. The van der Waals surface area contributed by atoms with Gasteiger partial charge in [-0.2, -0.15) is 0 Å². The third kappa shape index (κ3) is 3.72. The van der Waals surface area contributed by atoms with Crippen molar-refractivity contribution in [3.8, 4) is 28.7 Å². The molecule has 1 heterocycles. The highest BCUT2D eigenvalue weighted by molar-refractivity contribution is 5.98. The Morgan fingerprint density at radius 1 is 0.963 bits per heavy atom. The quantitative estimate of drug-likeness (QED) is 0.839. The molecule has 144 valence electrons. The van der Waals surface area contributed by atoms with Crippen molar-refractivity contribution in [2.24, 2.45) is 0 Å². The first-order valence-electron chi connectivity index (χ1n) is 8.58. The number of carbonyl (C=O) groups is 1. The Hall–Kier alpha value is -3.09. The maximum Gasteiger partial charge on any atom is 0.255 e. The lowest BCUT2D eigenvalue weighted by Crippen LogP contribution is -2.27. The lowest BCUT2D eigenvalue weighted by molar-refractivity contribution is 0.0936. The van der Waals surface area contributed by atoms with E-state index >= 15 is 0 Å². The van der Waals surface area contributed by atoms with Crippen molar-refractivity contribution in [3.05, 3.63) is 41.5 Å². The molecule has 1 unspecified atom stereocenters. The zero-order valence-corrected chi connectivity index (χ0v) is 15.8. The summed E-state index contributed by atoms with van der Waals surface area (Å²) in [4.78, 5) is 12.8. The van der Waals surface area contributed by atoms with E-state index in [4.69, 9.17) is 23.7 Å². The van der Waals surface area contributed by atoms with E-state index in [9.17, 15) is 4.79 Å². The Labute approximate surface area is 158 Å². The highest BCUT2D eigenvalue weighted by atomic mass is 16.6. The summed E-state index contributed by atoms with van der Waals surface area (Å²) >= 11 is 0. The lowest BCUT2D eigenvalue weighted by Gasteiger charge is -2.21. The van der Waals surface area contributed by atoms with E-state index in [1.54, 1.807) is 12.1 Å². The molecule has 2 aromatic carbocycles. The van der Waals surface area contributed by atoms with Crippen LogP contribution in [0.4, 0.5) is 0 Å². The number of rotatable bonds is 6. The van der Waals surface area contributed by atoms with Gasteiger partial charge in [-0.3, -0.25) is 4.79 Å². The number of nitrogens with one attached hydrogen (secondary N) is 1. The van der Waals surface area contributed by atoms with Crippen LogP contribution >= 0.6 is 0 Å². The topological polar surface area (TPSA) is 75.3 Å². The molecule has 0 aliphatic carbocycles. The molecule has 3 rings (SSSR count). The SMILES string of the molecule is COc1ccc(C(=O)NC(C)c2ccc3c(c2)OCCO3)c(OC)c1OC. The number of hydrogen-bond acceptors (Lipinski definition) is 6. The fourth-order valence-electron chi connectivity index (χ4n) is 2.97. The van der Waals surface area contributed by atoms with Crippen LogP contribution < -0.4 is 29.0 Å². The molecule has 0 fully saturated rings. The number of carbonyl (C=O) groups excluding carboxylic acids is 1. The number of benzene rings is 2. The van der Waals surface area contributed by atoms with Crippen molar-refractivity contribution < 1.29 is 28.5 Å². The fourth-order valence-corrected chi connectivity index (χ4v) is 2.97. The van der Waals surface area contributed by atoms with Crippen LogP contribution in [-0.2, 0) is 0 Å². The number of amides is 1. The number of hydrogen-bond donors (Lipinski definition) is 1. The molecule has 1 aliphatic rings. The minimum atomic E-state index is -0.282. The first kappa shape index (κ1) is 18.7. The van der Waals surface area contributed by atoms with Gasteiger partial charge in [0.1, 0.15) is 13.2 Å². The van der Waals surface area contributed by atoms with Crippen LogP contribution in [0.3, 0.4) is 0 Å². The first-order valence-corrected chi connectivity index (χ1v) is 8.58. The molecule has 0 aromatic heterocycles. The molecule has 0 saturated carbocycles. The van der Waals surface area contributed by atoms with E-state index in [2.05, 4.69) is 5.32 Å². The van der Waals surface area contributed by atoms with Crippen molar-refractivity contribution >= 4 is 5.91 Å². The highest BCUT2D eigenvalue weighted by Crippen LogP contribution is 2.40. The molecule has 0 radical (unpaired) electrons. The van der Waals surface area contributed by atoms with E-state index in [1.165, 1.54) is 21.3 Å². The maximum absolute atomic E-state index is 12.8. The summed E-state index contributed by atoms with van der Waals surface area (Å²) < 4.78 is 27.1. The Bertz CT molecular complexity index is 835. The highest BCUT2D eigenvalue weighted by Gasteiger charge is 2.22. The largest absolute Gasteiger partial charge is 0.493 e. The van der Waals surface area contributed by atoms with Gasteiger partial charge >= 0.3 is 0 Å². The van der Waals surface area contributed by atoms with Crippen LogP contribution in [0.25, 0.3) is 0 Å². The van der Waals surface area contributed by atoms with Gasteiger partial charge < -0.3 is 29.0 Å². The van der Waals surface area contributed by atoms with Gasteiger partial charge in [-0.15, -0.1) is 0 Å². The van der Waals surface area contributed by atoms with E-state index in [0.29, 0.717) is 47.5 Å². The van der Waals surface area contributed by atoms with Crippen molar-refractivity contribution in [1.29, 1.82) is 0 Å². The van der Waals surface area contributed by atoms with Crippen LogP contribution in [0, 0.1) is 0 Å². The summed E-state index contributed by atoms with van der Waals surface area (Å²) in [5.41, 5.74) is 1.27. The average Bonchev–Trinajstić information content (AvgIpc) is 2.71. The predicted molar refractivity (Wildman–Crippen MR) is 99.4 cm³/mol. The van der Waals surface area contributed by atoms with Gasteiger partial charge in [0.05, 0.1) is 32.9 Å². The van der Waals surface area contributed by atoms with Crippen molar-refractivity contribution in [2.45, 2.75) is 13.0 Å². The lowest BCUT2D eigenvalue weighted by atomic mass is 10.1. The summed E-state index contributed by atoms with van der Waals surface area (Å²) in [6.07, 6.45) is 0. The van der Waals surface area contributed by atoms with Crippen LogP contribution in [0.2, 0.25) is 0 Å². The second-order valence-electron chi connectivity index (χ2n) is 5.98. The van der Waals surface area contributed by atoms with E-state index in [0.717, 1.165) is 5.56 Å². The monoisotopic (exact) mass is 373 g/mol. The summed E-state index contributed by atoms with van der Waals surface area (Å²) in [6, 6.07) is 8.71. The normalized spacial score (nSPS) is 13.5.